The number of hydrogen-bond acceptors (Lipinski definition) is 3. The van der Waals surface area contributed by atoms with Crippen LogP contribution in [0.5, 0.6) is 0 Å². The molecule has 2 nitrogen and oxygen atoms in total. The van der Waals surface area contributed by atoms with E-state index in [2.05, 4.69) is 0 Å². The van der Waals surface area contributed by atoms with Gasteiger partial charge in [-0.2, -0.15) is 0 Å². The van der Waals surface area contributed by atoms with Crippen molar-refractivity contribution in [1.82, 2.24) is 0 Å². The van der Waals surface area contributed by atoms with E-state index in [-0.39, 0.29) is 0 Å². The molecular weight excluding hydrogens is 112 g/mol. The number of hydrogen-bond donors (Lipinski definition) is 2. The molecule has 0 fully saturated rings. The van der Waals surface area contributed by atoms with Gasteiger partial charge in [-0.3, -0.25) is 0 Å². The Morgan fingerprint density at radius 1 is 1.43 bits per heavy atom. The molecule has 1 aliphatic rings. The Kier molecular flexibility index (Phi) is 1.37. The van der Waals surface area contributed by atoms with E-state index in [1.54, 1.807) is 11.5 Å². The summed E-state index contributed by atoms with van der Waals surface area (Å²) in [5.41, 5.74) is -0.625. The summed E-state index contributed by atoms with van der Waals surface area (Å²) in [5.74, 6) is 0. The average Bonchev–Trinajstić information content (AvgIpc) is 1.91. The molecule has 1 heterocycles. The van der Waals surface area contributed by atoms with Gasteiger partial charge in [0.1, 0.15) is 11.5 Å². The van der Waals surface area contributed by atoms with Crippen molar-refractivity contribution in [3.63, 3.8) is 0 Å². The van der Waals surface area contributed by atoms with Gasteiger partial charge in [-0.05, 0) is 11.5 Å². The SMILES string of the molecule is OC1C=CSC1O. The van der Waals surface area contributed by atoms with Crippen LogP contribution in [0.4, 0.5) is 0 Å². The highest BCUT2D eigenvalue weighted by atomic mass is 32.2. The van der Waals surface area contributed by atoms with Crippen molar-refractivity contribution in [2.75, 3.05) is 0 Å². The van der Waals surface area contributed by atoms with Crippen LogP contribution in [-0.2, 0) is 0 Å². The summed E-state index contributed by atoms with van der Waals surface area (Å²) in [7, 11) is 0. The Bertz CT molecular complexity index is 91.7. The third-order valence-electron chi connectivity index (χ3n) is 0.786. The van der Waals surface area contributed by atoms with Gasteiger partial charge in [-0.1, -0.05) is 11.8 Å². The highest BCUT2D eigenvalue weighted by molar-refractivity contribution is 8.02. The van der Waals surface area contributed by atoms with E-state index in [0.29, 0.717) is 0 Å². The zero-order chi connectivity index (χ0) is 5.28. The van der Waals surface area contributed by atoms with Crippen LogP contribution in [0.15, 0.2) is 11.5 Å². The van der Waals surface area contributed by atoms with E-state index >= 15 is 0 Å². The molecule has 3 heteroatoms. The molecule has 0 aliphatic carbocycles. The number of aliphatic hydroxyl groups excluding tert-OH is 2. The van der Waals surface area contributed by atoms with Crippen LogP contribution in [0, 0.1) is 0 Å². The van der Waals surface area contributed by atoms with Gasteiger partial charge < -0.3 is 10.2 Å². The van der Waals surface area contributed by atoms with E-state index in [0.717, 1.165) is 0 Å². The second kappa shape index (κ2) is 1.86. The summed E-state index contributed by atoms with van der Waals surface area (Å²) < 4.78 is 0. The first-order valence-corrected chi connectivity index (χ1v) is 2.93. The van der Waals surface area contributed by atoms with Gasteiger partial charge in [0.2, 0.25) is 0 Å². The minimum absolute atomic E-state index is 0.625. The first-order valence-electron chi connectivity index (χ1n) is 1.99. The fourth-order valence-electron chi connectivity index (χ4n) is 0.382. The van der Waals surface area contributed by atoms with E-state index in [1.165, 1.54) is 11.8 Å². The minimum atomic E-state index is -0.648. The van der Waals surface area contributed by atoms with Crippen LogP contribution in [0.3, 0.4) is 0 Å². The van der Waals surface area contributed by atoms with Crippen molar-refractivity contribution in [2.24, 2.45) is 0 Å². The Morgan fingerprint density at radius 3 is 2.29 bits per heavy atom. The van der Waals surface area contributed by atoms with Crippen molar-refractivity contribution < 1.29 is 10.2 Å². The molecule has 0 saturated heterocycles. The highest BCUT2D eigenvalue weighted by Gasteiger charge is 2.16. The van der Waals surface area contributed by atoms with Gasteiger partial charge in [-0.15, -0.1) is 0 Å². The normalized spacial score (nSPS) is 39.7. The average molecular weight is 118 g/mol. The summed E-state index contributed by atoms with van der Waals surface area (Å²) in [6.45, 7) is 0. The minimum Gasteiger partial charge on any atom is -0.385 e. The zero-order valence-corrected chi connectivity index (χ0v) is 4.43. The van der Waals surface area contributed by atoms with Crippen LogP contribution in [0.1, 0.15) is 0 Å². The third kappa shape index (κ3) is 0.964. The fraction of sp³-hybridized carbons (Fsp3) is 0.500. The Labute approximate surface area is 45.9 Å². The van der Waals surface area contributed by atoms with E-state index in [4.69, 9.17) is 10.2 Å². The molecule has 0 amide bonds. The molecule has 0 saturated carbocycles. The molecule has 40 valence electrons. The molecule has 1 aliphatic heterocycles. The van der Waals surface area contributed by atoms with Gasteiger partial charge in [0.05, 0.1) is 0 Å². The first-order chi connectivity index (χ1) is 3.30. The second-order valence-electron chi connectivity index (χ2n) is 1.35. The largest absolute Gasteiger partial charge is 0.385 e. The molecule has 2 unspecified atom stereocenters. The van der Waals surface area contributed by atoms with Crippen LogP contribution >= 0.6 is 11.8 Å². The predicted octanol–water partition coefficient (Wildman–Crippen LogP) is -0.0738. The molecule has 0 bridgehead atoms. The summed E-state index contributed by atoms with van der Waals surface area (Å²) in [4.78, 5) is 0. The van der Waals surface area contributed by atoms with Gasteiger partial charge in [0.25, 0.3) is 0 Å². The van der Waals surface area contributed by atoms with Crippen molar-refractivity contribution in [3.8, 4) is 0 Å². The number of aliphatic hydroxyl groups is 2. The molecule has 0 spiro atoms. The molecule has 0 aromatic carbocycles. The Morgan fingerprint density at radius 2 is 2.14 bits per heavy atom. The second-order valence-corrected chi connectivity index (χ2v) is 2.37. The smallest absolute Gasteiger partial charge is 0.133 e. The number of thioether (sulfide) groups is 1. The summed E-state index contributed by atoms with van der Waals surface area (Å²) in [6, 6.07) is 0. The van der Waals surface area contributed by atoms with Gasteiger partial charge in [0.15, 0.2) is 0 Å². The molecule has 2 atom stereocenters. The number of rotatable bonds is 0. The van der Waals surface area contributed by atoms with Crippen molar-refractivity contribution in [3.05, 3.63) is 11.5 Å². The summed E-state index contributed by atoms with van der Waals surface area (Å²) in [6.07, 6.45) is 0.917. The first kappa shape index (κ1) is 5.15. The van der Waals surface area contributed by atoms with E-state index in [9.17, 15) is 0 Å². The zero-order valence-electron chi connectivity index (χ0n) is 3.61. The molecule has 0 aromatic heterocycles. The maximum atomic E-state index is 8.65. The van der Waals surface area contributed by atoms with Crippen molar-refractivity contribution in [1.29, 1.82) is 0 Å². The van der Waals surface area contributed by atoms with E-state index in [1.807, 2.05) is 0 Å². The molecule has 0 aromatic rings. The maximum absolute atomic E-state index is 8.65. The predicted molar refractivity (Wildman–Crippen MR) is 28.7 cm³/mol. The van der Waals surface area contributed by atoms with Crippen molar-refractivity contribution >= 4 is 11.8 Å². The van der Waals surface area contributed by atoms with Crippen LogP contribution in [0.2, 0.25) is 0 Å². The summed E-state index contributed by atoms with van der Waals surface area (Å²) in [5, 5.41) is 19.0. The molecular formula is C4H6O2S. The highest BCUT2D eigenvalue weighted by Crippen LogP contribution is 2.20. The Hall–Kier alpha value is 0.01000. The Balaban J connectivity index is 2.45. The quantitative estimate of drug-likeness (QED) is 0.467. The molecule has 0 radical (unpaired) electrons. The lowest BCUT2D eigenvalue weighted by atomic mass is 10.4. The third-order valence-corrected chi connectivity index (χ3v) is 1.66. The van der Waals surface area contributed by atoms with Crippen molar-refractivity contribution in [2.45, 2.75) is 11.5 Å². The lowest BCUT2D eigenvalue weighted by molar-refractivity contribution is 0.111. The van der Waals surface area contributed by atoms with Crippen LogP contribution in [0.25, 0.3) is 0 Å². The molecule has 7 heavy (non-hydrogen) atoms. The van der Waals surface area contributed by atoms with Gasteiger partial charge in [0, 0.05) is 0 Å². The fourth-order valence-corrected chi connectivity index (χ4v) is 1.05. The van der Waals surface area contributed by atoms with Crippen LogP contribution in [-0.4, -0.2) is 21.8 Å². The molecule has 1 rings (SSSR count). The monoisotopic (exact) mass is 118 g/mol. The maximum Gasteiger partial charge on any atom is 0.133 e. The lowest BCUT2D eigenvalue weighted by Gasteiger charge is -2.02. The van der Waals surface area contributed by atoms with E-state index < -0.39 is 11.5 Å². The lowest BCUT2D eigenvalue weighted by Crippen LogP contribution is -2.14. The molecule has 2 N–H and O–H groups in total. The van der Waals surface area contributed by atoms with Gasteiger partial charge in [-0.25, -0.2) is 0 Å². The standard InChI is InChI=1S/C4H6O2S/c5-3-1-2-7-4(3)6/h1-6H. The topological polar surface area (TPSA) is 40.5 Å². The van der Waals surface area contributed by atoms with Crippen LogP contribution < -0.4 is 0 Å². The van der Waals surface area contributed by atoms with Gasteiger partial charge >= 0.3 is 0 Å². The summed E-state index contributed by atoms with van der Waals surface area (Å²) >= 11 is 1.23.